The fourth-order valence-corrected chi connectivity index (χ4v) is 8.44. The molecule has 11 amide bonds. The van der Waals surface area contributed by atoms with Crippen LogP contribution in [0.1, 0.15) is 105 Å². The maximum Gasteiger partial charge on any atom is 0.408 e. The van der Waals surface area contributed by atoms with Gasteiger partial charge in [0, 0.05) is 6.54 Å². The number of rotatable bonds is 37. The number of amides is 11. The van der Waals surface area contributed by atoms with Crippen LogP contribution in [0.2, 0.25) is 0 Å². The maximum atomic E-state index is 14.8. The summed E-state index contributed by atoms with van der Waals surface area (Å²) in [6.45, 7) is 11.0. The number of alkyl carbamates (subject to hydrolysis) is 2. The molecule has 33 nitrogen and oxygen atoms in total. The number of nitrogens with one attached hydrogen (secondary N) is 12. The summed E-state index contributed by atoms with van der Waals surface area (Å²) in [5.41, 5.74) is 10.4. The Morgan fingerprint density at radius 1 is 0.582 bits per heavy atom. The van der Waals surface area contributed by atoms with Crippen LogP contribution in [0.25, 0.3) is 0 Å². The normalized spacial score (nSPS) is 15.2. The van der Waals surface area contributed by atoms with Gasteiger partial charge in [-0.2, -0.15) is 0 Å². The van der Waals surface area contributed by atoms with Gasteiger partial charge in [-0.05, 0) is 68.9 Å². The van der Waals surface area contributed by atoms with E-state index in [1.807, 2.05) is 5.32 Å². The summed E-state index contributed by atoms with van der Waals surface area (Å²) in [5, 5.41) is 84.2. The number of aliphatic hydroxyl groups is 4. The summed E-state index contributed by atoms with van der Waals surface area (Å²) < 4.78 is 11.0. The predicted molar refractivity (Wildman–Crippen MR) is 325 cm³/mol. The Kier molecular flexibility index (Phi) is 32.8. The van der Waals surface area contributed by atoms with Gasteiger partial charge in [0.1, 0.15) is 60.5 Å². The average molecular weight is 1290 g/mol. The molecule has 0 saturated heterocycles. The van der Waals surface area contributed by atoms with E-state index in [1.165, 1.54) is 13.8 Å². The topological polar surface area (TPSA) is 533 Å². The lowest BCUT2D eigenvalue weighted by molar-refractivity contribution is -0.145. The molecule has 33 heteroatoms. The molecule has 2 rings (SSSR count). The molecule has 0 heterocycles. The molecule has 2 aromatic carbocycles. The molecule has 0 spiro atoms. The number of hydrogen-bond acceptors (Lipinski definition) is 19. The fourth-order valence-electron chi connectivity index (χ4n) is 8.44. The number of hydrogen-bond donors (Lipinski definition) is 19. The summed E-state index contributed by atoms with van der Waals surface area (Å²) in [7, 11) is 0. The maximum absolute atomic E-state index is 14.8. The van der Waals surface area contributed by atoms with Crippen LogP contribution in [0, 0.1) is 23.2 Å². The van der Waals surface area contributed by atoms with Gasteiger partial charge in [-0.25, -0.2) is 14.4 Å². The zero-order chi connectivity index (χ0) is 68.9. The second kappa shape index (κ2) is 38.4. The van der Waals surface area contributed by atoms with E-state index >= 15 is 0 Å². The number of nitrogens with two attached hydrogens (primary N) is 2. The van der Waals surface area contributed by atoms with E-state index in [0.717, 1.165) is 0 Å². The van der Waals surface area contributed by atoms with Crippen molar-refractivity contribution < 1.29 is 92.5 Å². The van der Waals surface area contributed by atoms with E-state index in [0.29, 0.717) is 5.56 Å². The Morgan fingerprint density at radius 2 is 1.10 bits per heavy atom. The molecule has 0 fully saturated rings. The van der Waals surface area contributed by atoms with Crippen LogP contribution in [0.4, 0.5) is 9.59 Å². The van der Waals surface area contributed by atoms with Gasteiger partial charge in [0.2, 0.25) is 53.2 Å². The van der Waals surface area contributed by atoms with E-state index in [2.05, 4.69) is 47.9 Å². The van der Waals surface area contributed by atoms with Crippen molar-refractivity contribution >= 4 is 77.3 Å². The highest BCUT2D eigenvalue weighted by Gasteiger charge is 2.41. The summed E-state index contributed by atoms with van der Waals surface area (Å²) in [6.07, 6.45) is -6.30. The number of carboxylic acids is 1. The zero-order valence-corrected chi connectivity index (χ0v) is 52.3. The molecule has 0 radical (unpaired) electrons. The number of aliphatic hydroxyl groups excluding tert-OH is 4. The standard InChI is InChI=1S/C58H90N14O19/c1-10-31(6)39(50(82)66-36(26-73)47(79)63-25-38(75)68-43(45(77)46(59)78)53(85)67-37(27-74)54(86)87)69-48(80)34(22-17-23-62-55(60)61)64-49(81)35(24-29(2)3)65-52(84)42(44(76)30(4)5)70-51(83)41(72-56(88)90-28-32-18-13-11-14-19-32)40(33-20-15-12-16-21-33)71-57(89)91-58(7,8)9/h11-16,18-21,29-31,34-37,39-45,73-74,76-77H,10,17,22-28H2,1-9H3,(H2,59,78)(H,63,79)(H,64,81)(H,65,84)(H,66,82)(H,67,85)(H,68,75)(H,69,80)(H,70,83)(H,71,89)(H,72,88)(H,86,87)(H4,60,61,62)/t31-,34+,35-,36-,37-,39-,40+,41-,42-,43-,44+,45-/m0/s1. The van der Waals surface area contributed by atoms with Gasteiger partial charge in [-0.15, -0.1) is 0 Å². The van der Waals surface area contributed by atoms with Crippen LogP contribution >= 0.6 is 0 Å². The lowest BCUT2D eigenvalue weighted by atomic mass is 9.95. The lowest BCUT2D eigenvalue weighted by Crippen LogP contribution is -2.63. The number of aliphatic carboxylic acids is 1. The molecular weight excluding hydrogens is 1200 g/mol. The largest absolute Gasteiger partial charge is 0.480 e. The predicted octanol–water partition coefficient (Wildman–Crippen LogP) is -3.66. The number of benzene rings is 2. The Bertz CT molecular complexity index is 2790. The van der Waals surface area contributed by atoms with Gasteiger partial charge in [-0.3, -0.25) is 48.6 Å². The fraction of sp³-hybridized carbons (Fsp3) is 0.569. The Labute approximate surface area is 526 Å². The molecule has 0 saturated carbocycles. The number of carbonyl (C=O) groups excluding carboxylic acids is 11. The molecule has 0 bridgehead atoms. The molecule has 0 unspecified atom stereocenters. The first-order chi connectivity index (χ1) is 42.6. The van der Waals surface area contributed by atoms with Crippen molar-refractivity contribution in [3.63, 3.8) is 0 Å². The summed E-state index contributed by atoms with van der Waals surface area (Å²) in [6, 6.07) is 0.874. The van der Waals surface area contributed by atoms with Crippen molar-refractivity contribution in [1.82, 2.24) is 58.5 Å². The van der Waals surface area contributed by atoms with Gasteiger partial charge in [0.25, 0.3) is 0 Å². The first-order valence-corrected chi connectivity index (χ1v) is 29.2. The van der Waals surface area contributed by atoms with Crippen molar-refractivity contribution in [3.8, 4) is 0 Å². The van der Waals surface area contributed by atoms with Crippen LogP contribution < -0.4 is 70.0 Å². The van der Waals surface area contributed by atoms with Gasteiger partial charge < -0.3 is 105 Å². The Hall–Kier alpha value is -9.21. The minimum absolute atomic E-state index is 0.00368. The third kappa shape index (κ3) is 27.6. The monoisotopic (exact) mass is 1290 g/mol. The molecule has 12 atom stereocenters. The van der Waals surface area contributed by atoms with Gasteiger partial charge in [-0.1, -0.05) is 109 Å². The van der Waals surface area contributed by atoms with Crippen LogP contribution in [0.5, 0.6) is 0 Å². The van der Waals surface area contributed by atoms with E-state index in [1.54, 1.807) is 114 Å². The molecule has 0 aromatic heterocycles. The lowest BCUT2D eigenvalue weighted by Gasteiger charge is -2.33. The van der Waals surface area contributed by atoms with Crippen molar-refractivity contribution in [2.45, 2.75) is 167 Å². The Balaban J connectivity index is 2.53. The number of carbonyl (C=O) groups is 12. The molecule has 0 aliphatic rings. The minimum atomic E-state index is -2.44. The molecular formula is C58H90N14O19. The molecule has 506 valence electrons. The first kappa shape index (κ1) is 77.9. The third-order valence-electron chi connectivity index (χ3n) is 13.5. The second-order valence-electron chi connectivity index (χ2n) is 23.0. The number of primary amides is 1. The smallest absolute Gasteiger partial charge is 0.408 e. The highest BCUT2D eigenvalue weighted by molar-refractivity contribution is 5.99. The summed E-state index contributed by atoms with van der Waals surface area (Å²) in [4.78, 5) is 162. The molecule has 21 N–H and O–H groups in total. The highest BCUT2D eigenvalue weighted by atomic mass is 16.6. The Morgan fingerprint density at radius 3 is 1.63 bits per heavy atom. The van der Waals surface area contributed by atoms with Gasteiger partial charge in [0.15, 0.2) is 12.1 Å². The van der Waals surface area contributed by atoms with Crippen molar-refractivity contribution in [2.24, 2.45) is 29.2 Å². The van der Waals surface area contributed by atoms with Gasteiger partial charge >= 0.3 is 18.2 Å². The van der Waals surface area contributed by atoms with E-state index in [9.17, 15) is 83.1 Å². The first-order valence-electron chi connectivity index (χ1n) is 29.2. The van der Waals surface area contributed by atoms with Crippen LogP contribution in [-0.2, 0) is 64.0 Å². The quantitative estimate of drug-likeness (QED) is 0.0176. The molecule has 91 heavy (non-hydrogen) atoms. The average Bonchev–Trinajstić information content (AvgIpc) is 3.61. The minimum Gasteiger partial charge on any atom is -0.480 e. The van der Waals surface area contributed by atoms with Crippen molar-refractivity contribution in [2.75, 3.05) is 26.3 Å². The molecule has 2 aromatic rings. The summed E-state index contributed by atoms with van der Waals surface area (Å²) in [5.74, 6) is -14.7. The molecule has 0 aliphatic carbocycles. The SMILES string of the molecule is CC[C@H](C)[C@H](NC(=O)[C@@H](CCCNC(=N)N)NC(=O)[C@H](CC(C)C)NC(=O)[C@@H](NC(=O)[C@@H](NC(=O)OCc1ccccc1)[C@H](NC(=O)OC(C)(C)C)c1ccccc1)[C@H](O)C(C)C)C(=O)N[C@@H](CO)C(=O)NCC(=O)N[C@H](C(=O)N[C@@H](CO)C(=O)O)[C@H](O)C(N)=O. The number of ether oxygens (including phenoxy) is 2. The van der Waals surface area contributed by atoms with E-state index in [-0.39, 0.29) is 50.3 Å². The van der Waals surface area contributed by atoms with Gasteiger partial charge in [0.05, 0.1) is 31.9 Å². The van der Waals surface area contributed by atoms with Crippen LogP contribution in [0.3, 0.4) is 0 Å². The third-order valence-corrected chi connectivity index (χ3v) is 13.5. The number of carboxylic acid groups (broad SMARTS) is 1. The second-order valence-corrected chi connectivity index (χ2v) is 23.0. The molecule has 0 aliphatic heterocycles. The zero-order valence-electron chi connectivity index (χ0n) is 52.3. The van der Waals surface area contributed by atoms with E-state index < -0.39 is 181 Å². The summed E-state index contributed by atoms with van der Waals surface area (Å²) >= 11 is 0. The van der Waals surface area contributed by atoms with Crippen molar-refractivity contribution in [1.29, 1.82) is 5.41 Å². The van der Waals surface area contributed by atoms with Crippen molar-refractivity contribution in [3.05, 3.63) is 71.8 Å². The van der Waals surface area contributed by atoms with Crippen LogP contribution in [0.15, 0.2) is 60.7 Å². The van der Waals surface area contributed by atoms with Crippen LogP contribution in [-0.4, -0.2) is 195 Å². The highest BCUT2D eigenvalue weighted by Crippen LogP contribution is 2.21. The van der Waals surface area contributed by atoms with E-state index in [4.69, 9.17) is 26.4 Å². The number of guanidine groups is 1.